The lowest BCUT2D eigenvalue weighted by molar-refractivity contribution is 0.0710. The second-order valence-electron chi connectivity index (χ2n) is 2.64. The van der Waals surface area contributed by atoms with Crippen LogP contribution in [0.2, 0.25) is 0 Å². The summed E-state index contributed by atoms with van der Waals surface area (Å²) in [4.78, 5) is 0. The van der Waals surface area contributed by atoms with E-state index in [4.69, 9.17) is 10.5 Å². The lowest BCUT2D eigenvalue weighted by Crippen LogP contribution is -2.15. The van der Waals surface area contributed by atoms with Crippen LogP contribution in [0.15, 0.2) is 12.2 Å². The van der Waals surface area contributed by atoms with Crippen LogP contribution in [0.25, 0.3) is 0 Å². The average Bonchev–Trinajstić information content (AvgIpc) is 2.03. The fourth-order valence-corrected chi connectivity index (χ4v) is 1.19. The molecule has 0 saturated carbocycles. The smallest absolute Gasteiger partial charge is 0.0528 e. The zero-order valence-corrected chi connectivity index (χ0v) is 6.25. The number of ether oxygens (including phenoxy) is 1. The molecule has 1 heterocycles. The lowest BCUT2D eigenvalue weighted by Gasteiger charge is -2.18. The number of rotatable bonds is 2. The molecule has 2 N–H and O–H groups in total. The molecule has 0 aromatic heterocycles. The van der Waals surface area contributed by atoms with Crippen LogP contribution >= 0.6 is 0 Å². The normalized spacial score (nSPS) is 27.5. The van der Waals surface area contributed by atoms with Crippen LogP contribution in [0, 0.1) is 5.92 Å². The molecule has 2 heteroatoms. The van der Waals surface area contributed by atoms with E-state index in [1.54, 1.807) is 0 Å². The van der Waals surface area contributed by atoms with Gasteiger partial charge in [0.2, 0.25) is 0 Å². The quantitative estimate of drug-likeness (QED) is 0.580. The Balaban J connectivity index is 2.19. The standard InChI is InChI=1S/C8H15NO/c9-5-1-3-8-4-2-6-10-7-8/h1,3,8H,2,4-7,9H2/b3-1+. The molecule has 1 rings (SSSR count). The molecule has 1 aliphatic rings. The van der Waals surface area contributed by atoms with Crippen LogP contribution in [-0.2, 0) is 4.74 Å². The maximum absolute atomic E-state index is 5.32. The molecule has 0 radical (unpaired) electrons. The topological polar surface area (TPSA) is 35.2 Å². The van der Waals surface area contributed by atoms with Crippen molar-refractivity contribution in [3.8, 4) is 0 Å². The van der Waals surface area contributed by atoms with Gasteiger partial charge >= 0.3 is 0 Å². The van der Waals surface area contributed by atoms with E-state index in [1.165, 1.54) is 12.8 Å². The highest BCUT2D eigenvalue weighted by molar-refractivity contribution is 4.89. The Bertz CT molecular complexity index is 106. The molecule has 1 saturated heterocycles. The van der Waals surface area contributed by atoms with Gasteiger partial charge in [-0.3, -0.25) is 0 Å². The van der Waals surface area contributed by atoms with Gasteiger partial charge in [0.05, 0.1) is 6.61 Å². The summed E-state index contributed by atoms with van der Waals surface area (Å²) in [5.41, 5.74) is 5.32. The number of nitrogens with two attached hydrogens (primary N) is 1. The minimum absolute atomic E-state index is 0.622. The summed E-state index contributed by atoms with van der Waals surface area (Å²) < 4.78 is 5.29. The van der Waals surface area contributed by atoms with Gasteiger partial charge in [-0.05, 0) is 12.8 Å². The highest BCUT2D eigenvalue weighted by atomic mass is 16.5. The summed E-state index contributed by atoms with van der Waals surface area (Å²) in [6.45, 7) is 2.47. The maximum atomic E-state index is 5.32. The summed E-state index contributed by atoms with van der Waals surface area (Å²) in [7, 11) is 0. The molecule has 0 aromatic rings. The average molecular weight is 141 g/mol. The third kappa shape index (κ3) is 2.50. The first-order chi connectivity index (χ1) is 4.93. The van der Waals surface area contributed by atoms with E-state index in [1.807, 2.05) is 6.08 Å². The highest BCUT2D eigenvalue weighted by Crippen LogP contribution is 2.13. The van der Waals surface area contributed by atoms with Crippen molar-refractivity contribution in [3.63, 3.8) is 0 Å². The summed E-state index contributed by atoms with van der Waals surface area (Å²) in [5.74, 6) is 0.622. The highest BCUT2D eigenvalue weighted by Gasteiger charge is 2.09. The predicted octanol–water partition coefficient (Wildman–Crippen LogP) is 0.928. The Morgan fingerprint density at radius 3 is 3.10 bits per heavy atom. The minimum Gasteiger partial charge on any atom is -0.381 e. The fourth-order valence-electron chi connectivity index (χ4n) is 1.19. The van der Waals surface area contributed by atoms with Crippen molar-refractivity contribution in [3.05, 3.63) is 12.2 Å². The fraction of sp³-hybridized carbons (Fsp3) is 0.750. The molecule has 10 heavy (non-hydrogen) atoms. The van der Waals surface area contributed by atoms with E-state index in [9.17, 15) is 0 Å². The Morgan fingerprint density at radius 2 is 2.50 bits per heavy atom. The van der Waals surface area contributed by atoms with E-state index in [-0.39, 0.29) is 0 Å². The van der Waals surface area contributed by atoms with Crippen LogP contribution in [-0.4, -0.2) is 19.8 Å². The number of hydrogen-bond acceptors (Lipinski definition) is 2. The zero-order chi connectivity index (χ0) is 7.23. The van der Waals surface area contributed by atoms with Crippen LogP contribution in [0.3, 0.4) is 0 Å². The third-order valence-corrected chi connectivity index (χ3v) is 1.74. The molecule has 2 nitrogen and oxygen atoms in total. The van der Waals surface area contributed by atoms with Gasteiger partial charge in [0.1, 0.15) is 0 Å². The van der Waals surface area contributed by atoms with Gasteiger partial charge in [-0.1, -0.05) is 12.2 Å². The van der Waals surface area contributed by atoms with Gasteiger partial charge in [-0.15, -0.1) is 0 Å². The molecule has 0 amide bonds. The van der Waals surface area contributed by atoms with Gasteiger partial charge in [0.25, 0.3) is 0 Å². The van der Waals surface area contributed by atoms with Crippen molar-refractivity contribution in [1.29, 1.82) is 0 Å². The zero-order valence-electron chi connectivity index (χ0n) is 6.25. The monoisotopic (exact) mass is 141 g/mol. The lowest BCUT2D eigenvalue weighted by atomic mass is 10.0. The van der Waals surface area contributed by atoms with Crippen LogP contribution < -0.4 is 5.73 Å². The van der Waals surface area contributed by atoms with Crippen molar-refractivity contribution in [1.82, 2.24) is 0 Å². The van der Waals surface area contributed by atoms with E-state index in [2.05, 4.69) is 6.08 Å². The van der Waals surface area contributed by atoms with Gasteiger partial charge in [0, 0.05) is 19.1 Å². The van der Waals surface area contributed by atoms with Crippen molar-refractivity contribution < 1.29 is 4.74 Å². The second kappa shape index (κ2) is 4.47. The summed E-state index contributed by atoms with van der Waals surface area (Å²) >= 11 is 0. The van der Waals surface area contributed by atoms with Gasteiger partial charge in [0.15, 0.2) is 0 Å². The van der Waals surface area contributed by atoms with E-state index in [0.29, 0.717) is 12.5 Å². The number of hydrogen-bond donors (Lipinski definition) is 1. The Kier molecular flexibility index (Phi) is 3.47. The third-order valence-electron chi connectivity index (χ3n) is 1.74. The van der Waals surface area contributed by atoms with E-state index < -0.39 is 0 Å². The molecule has 1 atom stereocenters. The van der Waals surface area contributed by atoms with Gasteiger partial charge in [-0.2, -0.15) is 0 Å². The molecule has 58 valence electrons. The first kappa shape index (κ1) is 7.76. The molecule has 1 fully saturated rings. The Morgan fingerprint density at radius 1 is 1.60 bits per heavy atom. The van der Waals surface area contributed by atoms with Gasteiger partial charge in [-0.25, -0.2) is 0 Å². The SMILES string of the molecule is NC/C=C/C1CCCOC1. The van der Waals surface area contributed by atoms with Crippen molar-refractivity contribution >= 4 is 0 Å². The molecule has 1 unspecified atom stereocenters. The first-order valence-electron chi connectivity index (χ1n) is 3.88. The molecule has 0 aromatic carbocycles. The molecule has 0 aliphatic carbocycles. The summed E-state index contributed by atoms with van der Waals surface area (Å²) in [6, 6.07) is 0. The molecular weight excluding hydrogens is 126 g/mol. The first-order valence-corrected chi connectivity index (χ1v) is 3.88. The van der Waals surface area contributed by atoms with E-state index in [0.717, 1.165) is 13.2 Å². The van der Waals surface area contributed by atoms with Gasteiger partial charge < -0.3 is 10.5 Å². The Labute approximate surface area is 62.1 Å². The van der Waals surface area contributed by atoms with Crippen LogP contribution in [0.5, 0.6) is 0 Å². The van der Waals surface area contributed by atoms with Crippen LogP contribution in [0.1, 0.15) is 12.8 Å². The maximum Gasteiger partial charge on any atom is 0.0528 e. The summed E-state index contributed by atoms with van der Waals surface area (Å²) in [5, 5.41) is 0. The molecule has 1 aliphatic heterocycles. The van der Waals surface area contributed by atoms with Crippen molar-refractivity contribution in [2.24, 2.45) is 11.7 Å². The summed E-state index contributed by atoms with van der Waals surface area (Å²) in [6.07, 6.45) is 6.63. The van der Waals surface area contributed by atoms with E-state index >= 15 is 0 Å². The Hall–Kier alpha value is -0.340. The molecule has 0 spiro atoms. The molecule has 0 bridgehead atoms. The van der Waals surface area contributed by atoms with Crippen LogP contribution in [0.4, 0.5) is 0 Å². The molecular formula is C8H15NO. The second-order valence-corrected chi connectivity index (χ2v) is 2.64. The largest absolute Gasteiger partial charge is 0.381 e. The van der Waals surface area contributed by atoms with Crippen molar-refractivity contribution in [2.45, 2.75) is 12.8 Å². The minimum atomic E-state index is 0.622. The van der Waals surface area contributed by atoms with Crippen molar-refractivity contribution in [2.75, 3.05) is 19.8 Å². The predicted molar refractivity (Wildman–Crippen MR) is 41.7 cm³/mol.